The highest BCUT2D eigenvalue weighted by molar-refractivity contribution is 5.85. The molecule has 17 heavy (non-hydrogen) atoms. The SMILES string of the molecule is CCCC(C)(N)C(=O)N(CCO)CC(F)(F)F. The standard InChI is InChI=1S/C10H19F3N2O2/c1-3-4-9(2,14)8(17)15(5-6-16)7-10(11,12)13/h16H,3-7,14H2,1-2H3. The van der Waals surface area contributed by atoms with Gasteiger partial charge in [-0.3, -0.25) is 4.79 Å². The van der Waals surface area contributed by atoms with Gasteiger partial charge in [-0.15, -0.1) is 0 Å². The lowest BCUT2D eigenvalue weighted by molar-refractivity contribution is -0.165. The minimum Gasteiger partial charge on any atom is -0.395 e. The van der Waals surface area contributed by atoms with E-state index in [0.717, 1.165) is 0 Å². The molecular formula is C10H19F3N2O2. The molecule has 0 aromatic rings. The summed E-state index contributed by atoms with van der Waals surface area (Å²) in [7, 11) is 0. The Morgan fingerprint density at radius 1 is 1.41 bits per heavy atom. The van der Waals surface area contributed by atoms with E-state index in [-0.39, 0.29) is 6.54 Å². The van der Waals surface area contributed by atoms with Crippen molar-refractivity contribution in [2.24, 2.45) is 5.73 Å². The number of hydrogen-bond donors (Lipinski definition) is 2. The zero-order valence-corrected chi connectivity index (χ0v) is 10.0. The summed E-state index contributed by atoms with van der Waals surface area (Å²) in [6.45, 7) is 0.917. The third kappa shape index (κ3) is 5.88. The fraction of sp³-hybridized carbons (Fsp3) is 0.900. The minimum atomic E-state index is -4.49. The van der Waals surface area contributed by atoms with Gasteiger partial charge in [0.05, 0.1) is 12.1 Å². The molecule has 0 aromatic carbocycles. The Bertz CT molecular complexity index is 254. The second-order valence-corrected chi connectivity index (χ2v) is 4.23. The predicted octanol–water partition coefficient (Wildman–Crippen LogP) is 0.887. The quantitative estimate of drug-likeness (QED) is 0.741. The highest BCUT2D eigenvalue weighted by atomic mass is 19.4. The van der Waals surface area contributed by atoms with Crippen molar-refractivity contribution in [1.29, 1.82) is 0 Å². The molecule has 0 aliphatic heterocycles. The molecule has 1 unspecified atom stereocenters. The van der Waals surface area contributed by atoms with Crippen molar-refractivity contribution in [2.75, 3.05) is 19.7 Å². The number of aliphatic hydroxyl groups excluding tert-OH is 1. The molecule has 0 spiro atoms. The number of amides is 1. The van der Waals surface area contributed by atoms with Crippen molar-refractivity contribution >= 4 is 5.91 Å². The van der Waals surface area contributed by atoms with Crippen molar-refractivity contribution in [3.05, 3.63) is 0 Å². The number of nitrogens with zero attached hydrogens (tertiary/aromatic N) is 1. The number of hydrogen-bond acceptors (Lipinski definition) is 3. The molecule has 1 amide bonds. The molecule has 0 aliphatic rings. The van der Waals surface area contributed by atoms with Gasteiger partial charge in [0.15, 0.2) is 0 Å². The van der Waals surface area contributed by atoms with Gasteiger partial charge in [0.25, 0.3) is 0 Å². The van der Waals surface area contributed by atoms with Gasteiger partial charge in [0, 0.05) is 6.54 Å². The lowest BCUT2D eigenvalue weighted by atomic mass is 9.95. The van der Waals surface area contributed by atoms with Crippen LogP contribution in [0.3, 0.4) is 0 Å². The summed E-state index contributed by atoms with van der Waals surface area (Å²) in [5.41, 5.74) is 4.36. The summed E-state index contributed by atoms with van der Waals surface area (Å²) in [6, 6.07) is 0. The lowest BCUT2D eigenvalue weighted by Gasteiger charge is -2.31. The van der Waals surface area contributed by atoms with E-state index in [4.69, 9.17) is 10.8 Å². The van der Waals surface area contributed by atoms with Gasteiger partial charge in [0.1, 0.15) is 6.54 Å². The Morgan fingerprint density at radius 3 is 2.29 bits per heavy atom. The van der Waals surface area contributed by atoms with E-state index in [1.165, 1.54) is 6.92 Å². The molecule has 0 aliphatic carbocycles. The van der Waals surface area contributed by atoms with Gasteiger partial charge in [-0.05, 0) is 13.3 Å². The molecular weight excluding hydrogens is 237 g/mol. The molecule has 4 nitrogen and oxygen atoms in total. The molecule has 0 heterocycles. The molecule has 0 radical (unpaired) electrons. The zero-order chi connectivity index (χ0) is 13.7. The van der Waals surface area contributed by atoms with Crippen LogP contribution >= 0.6 is 0 Å². The molecule has 0 saturated carbocycles. The fourth-order valence-electron chi connectivity index (χ4n) is 1.58. The fourth-order valence-corrected chi connectivity index (χ4v) is 1.58. The minimum absolute atomic E-state index is 0.297. The first kappa shape index (κ1) is 16.2. The predicted molar refractivity (Wildman–Crippen MR) is 57.2 cm³/mol. The topological polar surface area (TPSA) is 66.6 Å². The largest absolute Gasteiger partial charge is 0.406 e. The van der Waals surface area contributed by atoms with Gasteiger partial charge in [0.2, 0.25) is 5.91 Å². The van der Waals surface area contributed by atoms with Crippen molar-refractivity contribution in [3.8, 4) is 0 Å². The van der Waals surface area contributed by atoms with Crippen molar-refractivity contribution < 1.29 is 23.1 Å². The normalized spacial score (nSPS) is 15.5. The molecule has 0 bridgehead atoms. The summed E-state index contributed by atoms with van der Waals surface area (Å²) in [6.07, 6.45) is -3.60. The van der Waals surface area contributed by atoms with Crippen LogP contribution in [0.5, 0.6) is 0 Å². The summed E-state index contributed by atoms with van der Waals surface area (Å²) >= 11 is 0. The van der Waals surface area contributed by atoms with Crippen LogP contribution in [-0.2, 0) is 4.79 Å². The number of carbonyl (C=O) groups is 1. The highest BCUT2D eigenvalue weighted by Crippen LogP contribution is 2.19. The maximum absolute atomic E-state index is 12.2. The van der Waals surface area contributed by atoms with Crippen LogP contribution in [0.15, 0.2) is 0 Å². The Balaban J connectivity index is 4.75. The molecule has 3 N–H and O–H groups in total. The Morgan fingerprint density at radius 2 is 1.94 bits per heavy atom. The molecule has 102 valence electrons. The van der Waals surface area contributed by atoms with Crippen molar-refractivity contribution in [3.63, 3.8) is 0 Å². The number of rotatable bonds is 6. The summed E-state index contributed by atoms with van der Waals surface area (Å²) < 4.78 is 36.7. The maximum atomic E-state index is 12.2. The van der Waals surface area contributed by atoms with Crippen LogP contribution in [0, 0.1) is 0 Å². The van der Waals surface area contributed by atoms with Gasteiger partial charge in [-0.1, -0.05) is 13.3 Å². The summed E-state index contributed by atoms with van der Waals surface area (Å²) in [5, 5.41) is 8.68. The number of alkyl halides is 3. The van der Waals surface area contributed by atoms with Crippen molar-refractivity contribution in [2.45, 2.75) is 38.4 Å². The van der Waals surface area contributed by atoms with Crippen LogP contribution in [0.4, 0.5) is 13.2 Å². The van der Waals surface area contributed by atoms with Gasteiger partial charge < -0.3 is 15.7 Å². The van der Waals surface area contributed by atoms with E-state index < -0.39 is 30.8 Å². The van der Waals surface area contributed by atoms with E-state index in [1.807, 2.05) is 0 Å². The van der Waals surface area contributed by atoms with Gasteiger partial charge in [-0.2, -0.15) is 13.2 Å². The first-order valence-electron chi connectivity index (χ1n) is 5.40. The molecule has 0 rings (SSSR count). The molecule has 0 aromatic heterocycles. The van der Waals surface area contributed by atoms with E-state index in [9.17, 15) is 18.0 Å². The number of aliphatic hydroxyl groups is 1. The van der Waals surface area contributed by atoms with E-state index >= 15 is 0 Å². The van der Waals surface area contributed by atoms with E-state index in [1.54, 1.807) is 6.92 Å². The van der Waals surface area contributed by atoms with Crippen LogP contribution in [0.2, 0.25) is 0 Å². The Labute approximate surface area is 98.6 Å². The van der Waals surface area contributed by atoms with Crippen LogP contribution in [-0.4, -0.2) is 47.3 Å². The summed E-state index contributed by atoms with van der Waals surface area (Å²) in [5.74, 6) is -0.786. The molecule has 1 atom stereocenters. The van der Waals surface area contributed by atoms with Crippen LogP contribution < -0.4 is 5.73 Å². The third-order valence-corrected chi connectivity index (χ3v) is 2.29. The lowest BCUT2D eigenvalue weighted by Crippen LogP contribution is -2.55. The van der Waals surface area contributed by atoms with Crippen LogP contribution in [0.1, 0.15) is 26.7 Å². The number of nitrogens with two attached hydrogens (primary N) is 1. The maximum Gasteiger partial charge on any atom is 0.406 e. The van der Waals surface area contributed by atoms with E-state index in [2.05, 4.69) is 0 Å². The smallest absolute Gasteiger partial charge is 0.395 e. The monoisotopic (exact) mass is 256 g/mol. The van der Waals surface area contributed by atoms with Crippen LogP contribution in [0.25, 0.3) is 0 Å². The number of carbonyl (C=O) groups excluding carboxylic acids is 1. The average molecular weight is 256 g/mol. The first-order chi connectivity index (χ1) is 7.64. The molecule has 0 saturated heterocycles. The van der Waals surface area contributed by atoms with E-state index in [0.29, 0.717) is 17.7 Å². The second-order valence-electron chi connectivity index (χ2n) is 4.23. The Hall–Kier alpha value is -0.820. The third-order valence-electron chi connectivity index (χ3n) is 2.29. The summed E-state index contributed by atoms with van der Waals surface area (Å²) in [4.78, 5) is 12.4. The van der Waals surface area contributed by atoms with Gasteiger partial charge in [-0.25, -0.2) is 0 Å². The first-order valence-corrected chi connectivity index (χ1v) is 5.40. The number of halogens is 3. The van der Waals surface area contributed by atoms with Gasteiger partial charge >= 0.3 is 6.18 Å². The molecule has 7 heteroatoms. The zero-order valence-electron chi connectivity index (χ0n) is 10.0. The average Bonchev–Trinajstić information content (AvgIpc) is 2.13. The Kier molecular flexibility index (Phi) is 5.91. The van der Waals surface area contributed by atoms with Crippen molar-refractivity contribution in [1.82, 2.24) is 4.90 Å². The molecule has 0 fully saturated rings. The second kappa shape index (κ2) is 6.20. The highest BCUT2D eigenvalue weighted by Gasteiger charge is 2.38.